The second kappa shape index (κ2) is 5.74. The number of rotatable bonds is 2. The molecule has 0 radical (unpaired) electrons. The fraction of sp³-hybridized carbons (Fsp3) is 0. The lowest BCUT2D eigenvalue weighted by molar-refractivity contribution is 0.0734. The summed E-state index contributed by atoms with van der Waals surface area (Å²) in [6.07, 6.45) is 0. The molecule has 0 atom stereocenters. The van der Waals surface area contributed by atoms with Crippen molar-refractivity contribution in [1.29, 1.82) is 0 Å². The number of carbonyl (C=O) groups is 1. The average molecular weight is 346 g/mol. The number of hydrogen-bond donors (Lipinski definition) is 0. The highest BCUT2D eigenvalue weighted by Gasteiger charge is 2.14. The van der Waals surface area contributed by atoms with E-state index < -0.39 is 5.97 Å². The van der Waals surface area contributed by atoms with Crippen LogP contribution >= 0.6 is 39.1 Å². The van der Waals surface area contributed by atoms with E-state index in [1.54, 1.807) is 24.3 Å². The molecule has 2 nitrogen and oxygen atoms in total. The van der Waals surface area contributed by atoms with Crippen LogP contribution in [0.15, 0.2) is 46.9 Å². The molecule has 2 aromatic carbocycles. The summed E-state index contributed by atoms with van der Waals surface area (Å²) in [6, 6.07) is 11.7. The molecule has 18 heavy (non-hydrogen) atoms. The first-order valence-electron chi connectivity index (χ1n) is 4.99. The van der Waals surface area contributed by atoms with Crippen molar-refractivity contribution in [1.82, 2.24) is 0 Å². The van der Waals surface area contributed by atoms with Gasteiger partial charge in [0.05, 0.1) is 15.1 Å². The maximum Gasteiger partial charge on any atom is 0.345 e. The molecule has 0 unspecified atom stereocenters. The molecule has 0 saturated heterocycles. The second-order valence-corrected chi connectivity index (χ2v) is 5.14. The Morgan fingerprint density at radius 3 is 2.50 bits per heavy atom. The highest BCUT2D eigenvalue weighted by Crippen LogP contribution is 2.27. The summed E-state index contributed by atoms with van der Waals surface area (Å²) in [7, 11) is 0. The van der Waals surface area contributed by atoms with E-state index >= 15 is 0 Å². The third kappa shape index (κ3) is 3.05. The number of halogens is 3. The molecule has 0 saturated carbocycles. The van der Waals surface area contributed by atoms with Crippen molar-refractivity contribution in [2.75, 3.05) is 0 Å². The normalized spacial score (nSPS) is 10.2. The van der Waals surface area contributed by atoms with Crippen LogP contribution in [0.4, 0.5) is 0 Å². The maximum absolute atomic E-state index is 11.9. The molecule has 0 aliphatic carbocycles. The zero-order chi connectivity index (χ0) is 13.1. The molecule has 2 rings (SSSR count). The van der Waals surface area contributed by atoms with Crippen molar-refractivity contribution >= 4 is 45.1 Å². The summed E-state index contributed by atoms with van der Waals surface area (Å²) in [4.78, 5) is 11.9. The van der Waals surface area contributed by atoms with Crippen LogP contribution in [0.25, 0.3) is 0 Å². The van der Waals surface area contributed by atoms with Gasteiger partial charge in [-0.15, -0.1) is 0 Å². The first-order chi connectivity index (χ1) is 8.58. The van der Waals surface area contributed by atoms with Crippen molar-refractivity contribution in [2.45, 2.75) is 0 Å². The van der Waals surface area contributed by atoms with E-state index in [1.165, 1.54) is 12.1 Å². The van der Waals surface area contributed by atoms with Gasteiger partial charge in [-0.05, 0) is 46.3 Å². The van der Waals surface area contributed by atoms with Crippen LogP contribution in [0, 0.1) is 0 Å². The topological polar surface area (TPSA) is 26.3 Å². The molecule has 0 aliphatic heterocycles. The minimum absolute atomic E-state index is 0.263. The van der Waals surface area contributed by atoms with Gasteiger partial charge in [0.2, 0.25) is 0 Å². The van der Waals surface area contributed by atoms with E-state index in [-0.39, 0.29) is 10.6 Å². The molecule has 0 aromatic heterocycles. The summed E-state index contributed by atoms with van der Waals surface area (Å²) in [5.41, 5.74) is 0.275. The van der Waals surface area contributed by atoms with Crippen LogP contribution in [0.3, 0.4) is 0 Å². The number of benzene rings is 2. The van der Waals surface area contributed by atoms with Gasteiger partial charge in [-0.25, -0.2) is 4.79 Å². The number of ether oxygens (including phenoxy) is 1. The molecule has 0 spiro atoms. The van der Waals surface area contributed by atoms with Crippen molar-refractivity contribution in [2.24, 2.45) is 0 Å². The zero-order valence-corrected chi connectivity index (χ0v) is 12.1. The first kappa shape index (κ1) is 13.4. The lowest BCUT2D eigenvalue weighted by atomic mass is 10.2. The van der Waals surface area contributed by atoms with Gasteiger partial charge in [-0.2, -0.15) is 0 Å². The molecule has 0 bridgehead atoms. The van der Waals surface area contributed by atoms with E-state index in [2.05, 4.69) is 15.9 Å². The summed E-state index contributed by atoms with van der Waals surface area (Å²) < 4.78 is 5.94. The molecular formula is C13H7BrCl2O2. The molecule has 92 valence electrons. The fourth-order valence-corrected chi connectivity index (χ4v) is 2.19. The van der Waals surface area contributed by atoms with Crippen molar-refractivity contribution < 1.29 is 9.53 Å². The molecule has 0 aliphatic rings. The summed E-state index contributed by atoms with van der Waals surface area (Å²) in [5.74, 6) is -0.0860. The molecule has 5 heteroatoms. The lowest BCUT2D eigenvalue weighted by Gasteiger charge is -2.07. The molecule has 2 aromatic rings. The van der Waals surface area contributed by atoms with E-state index in [0.29, 0.717) is 15.2 Å². The van der Waals surface area contributed by atoms with Crippen molar-refractivity contribution in [3.63, 3.8) is 0 Å². The Morgan fingerprint density at radius 2 is 1.83 bits per heavy atom. The highest BCUT2D eigenvalue weighted by molar-refractivity contribution is 9.10. The van der Waals surface area contributed by atoms with Crippen LogP contribution in [0.2, 0.25) is 10.0 Å². The Hall–Kier alpha value is -1.03. The molecular weight excluding hydrogens is 339 g/mol. The minimum atomic E-state index is -0.524. The maximum atomic E-state index is 11.9. The van der Waals surface area contributed by atoms with E-state index in [4.69, 9.17) is 27.9 Å². The Morgan fingerprint density at radius 1 is 1.11 bits per heavy atom. The van der Waals surface area contributed by atoms with Crippen LogP contribution in [0.5, 0.6) is 5.75 Å². The number of esters is 1. The first-order valence-corrected chi connectivity index (χ1v) is 6.54. The molecule has 0 N–H and O–H groups in total. The SMILES string of the molecule is O=C(Oc1ccccc1Br)c1ccc(Cl)cc1Cl. The number of para-hydroxylation sites is 1. The van der Waals surface area contributed by atoms with E-state index in [1.807, 2.05) is 6.07 Å². The summed E-state index contributed by atoms with van der Waals surface area (Å²) >= 11 is 15.0. The van der Waals surface area contributed by atoms with Gasteiger partial charge < -0.3 is 4.74 Å². The van der Waals surface area contributed by atoms with E-state index in [0.717, 1.165) is 0 Å². The van der Waals surface area contributed by atoms with Gasteiger partial charge in [0.1, 0.15) is 5.75 Å². The van der Waals surface area contributed by atoms with Crippen molar-refractivity contribution in [3.05, 3.63) is 62.5 Å². The third-order valence-corrected chi connectivity index (χ3v) is 3.39. The van der Waals surface area contributed by atoms with E-state index in [9.17, 15) is 4.79 Å². The Labute approximate surface area is 123 Å². The molecule has 0 heterocycles. The largest absolute Gasteiger partial charge is 0.422 e. The summed E-state index contributed by atoms with van der Waals surface area (Å²) in [5, 5.41) is 0.733. The predicted octanol–water partition coefficient (Wildman–Crippen LogP) is 4.98. The minimum Gasteiger partial charge on any atom is -0.422 e. The Balaban J connectivity index is 2.25. The quantitative estimate of drug-likeness (QED) is 0.567. The van der Waals surface area contributed by atoms with Crippen LogP contribution in [-0.2, 0) is 0 Å². The highest BCUT2D eigenvalue weighted by atomic mass is 79.9. The van der Waals surface area contributed by atoms with Gasteiger partial charge in [-0.3, -0.25) is 0 Å². The van der Waals surface area contributed by atoms with Gasteiger partial charge in [-0.1, -0.05) is 35.3 Å². The molecule has 0 amide bonds. The van der Waals surface area contributed by atoms with Gasteiger partial charge in [0.15, 0.2) is 0 Å². The second-order valence-electron chi connectivity index (χ2n) is 3.44. The average Bonchev–Trinajstić information content (AvgIpc) is 2.32. The van der Waals surface area contributed by atoms with Gasteiger partial charge in [0, 0.05) is 5.02 Å². The van der Waals surface area contributed by atoms with Crippen LogP contribution in [-0.4, -0.2) is 5.97 Å². The van der Waals surface area contributed by atoms with Gasteiger partial charge in [0.25, 0.3) is 0 Å². The number of hydrogen-bond acceptors (Lipinski definition) is 2. The lowest BCUT2D eigenvalue weighted by Crippen LogP contribution is -2.09. The molecule has 0 fully saturated rings. The number of carbonyl (C=O) groups excluding carboxylic acids is 1. The Bertz CT molecular complexity index is 599. The monoisotopic (exact) mass is 344 g/mol. The zero-order valence-electron chi connectivity index (χ0n) is 8.99. The predicted molar refractivity (Wildman–Crippen MR) is 75.6 cm³/mol. The van der Waals surface area contributed by atoms with Crippen LogP contribution in [0.1, 0.15) is 10.4 Å². The third-order valence-electron chi connectivity index (χ3n) is 2.19. The van der Waals surface area contributed by atoms with Crippen LogP contribution < -0.4 is 4.74 Å². The Kier molecular flexibility index (Phi) is 4.27. The summed E-state index contributed by atoms with van der Waals surface area (Å²) in [6.45, 7) is 0. The standard InChI is InChI=1S/C13H7BrCl2O2/c14-10-3-1-2-4-12(10)18-13(17)9-6-5-8(15)7-11(9)16/h1-7H. The van der Waals surface area contributed by atoms with Gasteiger partial charge >= 0.3 is 5.97 Å². The smallest absolute Gasteiger partial charge is 0.345 e. The van der Waals surface area contributed by atoms with Crippen molar-refractivity contribution in [3.8, 4) is 5.75 Å². The fourth-order valence-electron chi connectivity index (χ4n) is 1.34.